The molecule has 2 aliphatic rings. The zero-order chi connectivity index (χ0) is 25.4. The molecule has 0 spiro atoms. The first-order valence-electron chi connectivity index (χ1n) is 11.4. The number of fused-ring (bicyclic) bond motifs is 2. The van der Waals surface area contributed by atoms with Gasteiger partial charge in [0.15, 0.2) is 0 Å². The van der Waals surface area contributed by atoms with Crippen molar-refractivity contribution in [2.75, 3.05) is 13.7 Å². The minimum absolute atomic E-state index is 0.0483. The summed E-state index contributed by atoms with van der Waals surface area (Å²) < 4.78 is 85.2. The number of benzene rings is 2. The largest absolute Gasteiger partial charge is 0.416 e. The molecule has 4 nitrogen and oxygen atoms in total. The summed E-state index contributed by atoms with van der Waals surface area (Å²) in [5.41, 5.74) is -2.52. The second-order valence-electron chi connectivity index (χ2n) is 9.11. The third-order valence-corrected chi connectivity index (χ3v) is 6.99. The van der Waals surface area contributed by atoms with Gasteiger partial charge in [0, 0.05) is 13.1 Å². The standard InChI is InChI=1S/C25H26F6N2O2/c1-32-22(34)19-14-23(16-5-3-2-4-6-16)21(8-7-20(19)33-23)35-10-9-15-11-17(24(26,27)28)13-18(12-15)25(29,30)31/h2-6,11-13,19-21,33H,7-10,14H2,1H3,(H,32,34)/t19-,20+,21-,23-/m0/s1. The van der Waals surface area contributed by atoms with E-state index in [-0.39, 0.29) is 42.5 Å². The van der Waals surface area contributed by atoms with Crippen LogP contribution in [0, 0.1) is 5.92 Å². The van der Waals surface area contributed by atoms with Crippen molar-refractivity contribution in [3.8, 4) is 0 Å². The molecule has 35 heavy (non-hydrogen) atoms. The molecule has 0 radical (unpaired) electrons. The second kappa shape index (κ2) is 9.46. The summed E-state index contributed by atoms with van der Waals surface area (Å²) in [6.07, 6.45) is -8.55. The van der Waals surface area contributed by atoms with Crippen LogP contribution in [-0.2, 0) is 33.8 Å². The summed E-state index contributed by atoms with van der Waals surface area (Å²) in [5.74, 6) is -0.351. The maximum Gasteiger partial charge on any atom is 0.416 e. The summed E-state index contributed by atoms with van der Waals surface area (Å²) in [7, 11) is 1.58. The zero-order valence-electron chi connectivity index (χ0n) is 19.0. The highest BCUT2D eigenvalue weighted by atomic mass is 19.4. The lowest BCUT2D eigenvalue weighted by Gasteiger charge is -2.42. The first-order valence-corrected chi connectivity index (χ1v) is 11.4. The fourth-order valence-corrected chi connectivity index (χ4v) is 5.35. The van der Waals surface area contributed by atoms with Crippen LogP contribution in [0.4, 0.5) is 26.3 Å². The van der Waals surface area contributed by atoms with Crippen molar-refractivity contribution < 1.29 is 35.9 Å². The van der Waals surface area contributed by atoms with E-state index in [0.29, 0.717) is 19.3 Å². The first kappa shape index (κ1) is 25.5. The average molecular weight is 500 g/mol. The van der Waals surface area contributed by atoms with E-state index in [1.54, 1.807) is 7.05 Å². The minimum Gasteiger partial charge on any atom is -0.376 e. The summed E-state index contributed by atoms with van der Waals surface area (Å²) >= 11 is 0. The molecule has 2 saturated heterocycles. The van der Waals surface area contributed by atoms with Crippen LogP contribution >= 0.6 is 0 Å². The second-order valence-corrected chi connectivity index (χ2v) is 9.11. The fourth-order valence-electron chi connectivity index (χ4n) is 5.35. The molecule has 10 heteroatoms. The van der Waals surface area contributed by atoms with E-state index in [2.05, 4.69) is 10.6 Å². The molecule has 2 N–H and O–H groups in total. The van der Waals surface area contributed by atoms with Crippen molar-refractivity contribution in [3.05, 3.63) is 70.8 Å². The number of hydrogen-bond acceptors (Lipinski definition) is 3. The van der Waals surface area contributed by atoms with Gasteiger partial charge in [0.05, 0.1) is 35.3 Å². The van der Waals surface area contributed by atoms with Crippen LogP contribution in [0.3, 0.4) is 0 Å². The fraction of sp³-hybridized carbons (Fsp3) is 0.480. The van der Waals surface area contributed by atoms with Gasteiger partial charge in [-0.3, -0.25) is 4.79 Å². The number of halogens is 6. The maximum atomic E-state index is 13.2. The van der Waals surface area contributed by atoms with E-state index in [1.165, 1.54) is 0 Å². The van der Waals surface area contributed by atoms with Crippen LogP contribution in [0.1, 0.15) is 41.5 Å². The first-order chi connectivity index (χ1) is 16.4. The molecule has 1 amide bonds. The number of carbonyl (C=O) groups excluding carboxylic acids is 1. The van der Waals surface area contributed by atoms with Crippen molar-refractivity contribution in [1.82, 2.24) is 10.6 Å². The van der Waals surface area contributed by atoms with Gasteiger partial charge in [0.25, 0.3) is 0 Å². The van der Waals surface area contributed by atoms with Crippen LogP contribution < -0.4 is 10.6 Å². The number of alkyl halides is 6. The smallest absolute Gasteiger partial charge is 0.376 e. The van der Waals surface area contributed by atoms with Gasteiger partial charge in [0.2, 0.25) is 5.91 Å². The van der Waals surface area contributed by atoms with E-state index in [1.807, 2.05) is 30.3 Å². The molecule has 0 aliphatic carbocycles. The molecule has 2 aliphatic heterocycles. The van der Waals surface area contributed by atoms with E-state index >= 15 is 0 Å². The number of piperidine rings is 1. The van der Waals surface area contributed by atoms with Crippen LogP contribution in [0.5, 0.6) is 0 Å². The molecular formula is C25H26F6N2O2. The minimum atomic E-state index is -4.89. The Morgan fingerprint density at radius 1 is 1.03 bits per heavy atom. The number of nitrogens with one attached hydrogen (secondary N) is 2. The van der Waals surface area contributed by atoms with Gasteiger partial charge < -0.3 is 15.4 Å². The van der Waals surface area contributed by atoms with Crippen molar-refractivity contribution in [1.29, 1.82) is 0 Å². The van der Waals surface area contributed by atoms with Crippen molar-refractivity contribution in [3.63, 3.8) is 0 Å². The molecule has 4 rings (SSSR count). The Bertz CT molecular complexity index is 1020. The highest BCUT2D eigenvalue weighted by Gasteiger charge is 2.55. The van der Waals surface area contributed by atoms with Gasteiger partial charge in [-0.25, -0.2) is 0 Å². The third kappa shape index (κ3) is 5.18. The number of amides is 1. The Hall–Kier alpha value is -2.59. The monoisotopic (exact) mass is 500 g/mol. The molecule has 190 valence electrons. The Balaban J connectivity index is 1.55. The molecular weight excluding hydrogens is 474 g/mol. The quantitative estimate of drug-likeness (QED) is 0.545. The van der Waals surface area contributed by atoms with E-state index < -0.39 is 35.1 Å². The van der Waals surface area contributed by atoms with E-state index in [0.717, 1.165) is 17.7 Å². The number of carbonyl (C=O) groups is 1. The number of ether oxygens (including phenoxy) is 1. The molecule has 2 bridgehead atoms. The predicted molar refractivity (Wildman–Crippen MR) is 116 cm³/mol. The van der Waals surface area contributed by atoms with Crippen LogP contribution in [0.15, 0.2) is 48.5 Å². The van der Waals surface area contributed by atoms with Gasteiger partial charge in [-0.15, -0.1) is 0 Å². The number of rotatable bonds is 6. The zero-order valence-corrected chi connectivity index (χ0v) is 19.0. The van der Waals surface area contributed by atoms with Gasteiger partial charge in [0.1, 0.15) is 0 Å². The molecule has 0 aromatic heterocycles. The highest BCUT2D eigenvalue weighted by molar-refractivity contribution is 5.80. The van der Waals surface area contributed by atoms with Crippen molar-refractivity contribution in [2.45, 2.75) is 55.7 Å². The molecule has 0 unspecified atom stereocenters. The van der Waals surface area contributed by atoms with Gasteiger partial charge in [-0.1, -0.05) is 30.3 Å². The summed E-state index contributed by atoms with van der Waals surface area (Å²) in [6, 6.07) is 11.0. The summed E-state index contributed by atoms with van der Waals surface area (Å²) in [5, 5.41) is 6.26. The molecule has 2 aromatic carbocycles. The lowest BCUT2D eigenvalue weighted by Crippen LogP contribution is -2.54. The lowest BCUT2D eigenvalue weighted by atomic mass is 9.80. The van der Waals surface area contributed by atoms with Gasteiger partial charge >= 0.3 is 12.4 Å². The molecule has 4 atom stereocenters. The molecule has 2 heterocycles. The molecule has 2 aromatic rings. The predicted octanol–water partition coefficient (Wildman–Crippen LogP) is 5.07. The Labute approximate surface area is 199 Å². The summed E-state index contributed by atoms with van der Waals surface area (Å²) in [4.78, 5) is 12.5. The molecule has 0 saturated carbocycles. The normalized spacial score (nSPS) is 26.5. The summed E-state index contributed by atoms with van der Waals surface area (Å²) in [6.45, 7) is -0.0607. The SMILES string of the molecule is CNC(=O)[C@H]1C[C@@]2(c3ccccc3)N[C@@H]1CC[C@@H]2OCCc1cc(C(F)(F)F)cc(C(F)(F)F)c1. The van der Waals surface area contributed by atoms with E-state index in [4.69, 9.17) is 4.74 Å². The topological polar surface area (TPSA) is 50.4 Å². The lowest BCUT2D eigenvalue weighted by molar-refractivity contribution is -0.143. The van der Waals surface area contributed by atoms with Gasteiger partial charge in [-0.2, -0.15) is 26.3 Å². The average Bonchev–Trinajstić information content (AvgIpc) is 3.13. The van der Waals surface area contributed by atoms with Crippen LogP contribution in [0.2, 0.25) is 0 Å². The van der Waals surface area contributed by atoms with Gasteiger partial charge in [-0.05, 0) is 55.0 Å². The van der Waals surface area contributed by atoms with Crippen molar-refractivity contribution in [2.24, 2.45) is 5.92 Å². The third-order valence-electron chi connectivity index (χ3n) is 6.99. The van der Waals surface area contributed by atoms with Crippen LogP contribution in [0.25, 0.3) is 0 Å². The Morgan fingerprint density at radius 2 is 1.66 bits per heavy atom. The Morgan fingerprint density at radius 3 is 2.23 bits per heavy atom. The van der Waals surface area contributed by atoms with Crippen molar-refractivity contribution >= 4 is 5.91 Å². The Kier molecular flexibility index (Phi) is 6.89. The maximum absolute atomic E-state index is 13.2. The molecule has 2 fully saturated rings. The van der Waals surface area contributed by atoms with Crippen LogP contribution in [-0.4, -0.2) is 31.7 Å². The number of hydrogen-bond donors (Lipinski definition) is 2. The highest BCUT2D eigenvalue weighted by Crippen LogP contribution is 2.47. The van der Waals surface area contributed by atoms with E-state index in [9.17, 15) is 31.1 Å².